The minimum absolute atomic E-state index is 0.190. The summed E-state index contributed by atoms with van der Waals surface area (Å²) < 4.78 is 5.68. The fourth-order valence-corrected chi connectivity index (χ4v) is 4.14. The fourth-order valence-electron chi connectivity index (χ4n) is 3.87. The van der Waals surface area contributed by atoms with Crippen LogP contribution in [0.15, 0.2) is 71.9 Å². The molecule has 30 heavy (non-hydrogen) atoms. The third kappa shape index (κ3) is 3.62. The van der Waals surface area contributed by atoms with Crippen LogP contribution in [-0.2, 0) is 4.79 Å². The van der Waals surface area contributed by atoms with E-state index in [4.69, 9.17) is 17.0 Å². The molecule has 1 unspecified atom stereocenters. The molecule has 0 spiro atoms. The molecule has 6 heteroatoms. The summed E-state index contributed by atoms with van der Waals surface area (Å²) in [4.78, 5) is 13.4. The SMILES string of the molecule is COc1ccc2ccccc2c1C1NC(=S)NC(C)=C1C(=O)Nc1ccccc1C. The zero-order valence-corrected chi connectivity index (χ0v) is 17.9. The highest BCUT2D eigenvalue weighted by Gasteiger charge is 2.33. The van der Waals surface area contributed by atoms with Crippen LogP contribution in [0.25, 0.3) is 10.8 Å². The summed E-state index contributed by atoms with van der Waals surface area (Å²) in [6.45, 7) is 3.83. The highest BCUT2D eigenvalue weighted by molar-refractivity contribution is 7.80. The van der Waals surface area contributed by atoms with Crippen molar-refractivity contribution < 1.29 is 9.53 Å². The largest absolute Gasteiger partial charge is 0.496 e. The average Bonchev–Trinajstić information content (AvgIpc) is 2.73. The van der Waals surface area contributed by atoms with Gasteiger partial charge in [-0.05, 0) is 54.5 Å². The van der Waals surface area contributed by atoms with E-state index in [-0.39, 0.29) is 5.91 Å². The smallest absolute Gasteiger partial charge is 0.255 e. The molecule has 152 valence electrons. The Bertz CT molecular complexity index is 1190. The molecule has 3 aromatic carbocycles. The summed E-state index contributed by atoms with van der Waals surface area (Å²) in [5.41, 5.74) is 3.94. The first-order chi connectivity index (χ1) is 14.5. The van der Waals surface area contributed by atoms with Crippen molar-refractivity contribution in [3.05, 3.63) is 83.1 Å². The summed E-state index contributed by atoms with van der Waals surface area (Å²) in [5.74, 6) is 0.508. The van der Waals surface area contributed by atoms with E-state index in [9.17, 15) is 4.79 Å². The maximum absolute atomic E-state index is 13.4. The number of fused-ring (bicyclic) bond motifs is 1. The molecule has 5 nitrogen and oxygen atoms in total. The molecule has 0 radical (unpaired) electrons. The molecule has 0 saturated heterocycles. The zero-order chi connectivity index (χ0) is 21.3. The fraction of sp³-hybridized carbons (Fsp3) is 0.167. The Morgan fingerprint density at radius 2 is 1.77 bits per heavy atom. The van der Waals surface area contributed by atoms with Crippen molar-refractivity contribution in [3.63, 3.8) is 0 Å². The molecule has 1 aliphatic heterocycles. The lowest BCUT2D eigenvalue weighted by Crippen LogP contribution is -2.46. The highest BCUT2D eigenvalue weighted by atomic mass is 32.1. The van der Waals surface area contributed by atoms with E-state index in [0.29, 0.717) is 22.1 Å². The minimum Gasteiger partial charge on any atom is -0.496 e. The highest BCUT2D eigenvalue weighted by Crippen LogP contribution is 2.38. The predicted octanol–water partition coefficient (Wildman–Crippen LogP) is 4.59. The van der Waals surface area contributed by atoms with Gasteiger partial charge in [0.05, 0.1) is 18.7 Å². The van der Waals surface area contributed by atoms with E-state index >= 15 is 0 Å². The molecule has 1 atom stereocenters. The van der Waals surface area contributed by atoms with Crippen LogP contribution in [0.3, 0.4) is 0 Å². The van der Waals surface area contributed by atoms with E-state index in [2.05, 4.69) is 16.0 Å². The molecule has 1 heterocycles. The van der Waals surface area contributed by atoms with Crippen LogP contribution in [0.2, 0.25) is 0 Å². The Morgan fingerprint density at radius 3 is 2.53 bits per heavy atom. The van der Waals surface area contributed by atoms with E-state index < -0.39 is 6.04 Å². The third-order valence-corrected chi connectivity index (χ3v) is 5.57. The number of para-hydroxylation sites is 1. The molecule has 1 aliphatic rings. The lowest BCUT2D eigenvalue weighted by molar-refractivity contribution is -0.113. The van der Waals surface area contributed by atoms with Crippen LogP contribution in [-0.4, -0.2) is 18.1 Å². The number of ether oxygens (including phenoxy) is 1. The van der Waals surface area contributed by atoms with E-state index in [1.165, 1.54) is 0 Å². The summed E-state index contributed by atoms with van der Waals surface area (Å²) in [6, 6.07) is 19.2. The van der Waals surface area contributed by atoms with E-state index in [1.54, 1.807) is 7.11 Å². The first-order valence-electron chi connectivity index (χ1n) is 9.70. The number of allylic oxidation sites excluding steroid dienone is 1. The van der Waals surface area contributed by atoms with Crippen LogP contribution < -0.4 is 20.7 Å². The standard InChI is InChI=1S/C24H23N3O2S/c1-14-8-4-7-11-18(14)26-23(28)20-15(2)25-24(30)27-22(20)21-17-10-6-5-9-16(17)12-13-19(21)29-3/h4-13,22H,1-3H3,(H,26,28)(H2,25,27,30). The summed E-state index contributed by atoms with van der Waals surface area (Å²) in [6.07, 6.45) is 0. The maximum Gasteiger partial charge on any atom is 0.255 e. The topological polar surface area (TPSA) is 62.4 Å². The number of benzene rings is 3. The number of methoxy groups -OCH3 is 1. The van der Waals surface area contributed by atoms with Crippen LogP contribution in [0.5, 0.6) is 5.75 Å². The summed E-state index contributed by atoms with van der Waals surface area (Å²) >= 11 is 5.42. The lowest BCUT2D eigenvalue weighted by Gasteiger charge is -2.32. The summed E-state index contributed by atoms with van der Waals surface area (Å²) in [7, 11) is 1.64. The quantitative estimate of drug-likeness (QED) is 0.542. The van der Waals surface area contributed by atoms with Crippen LogP contribution in [0.4, 0.5) is 5.69 Å². The van der Waals surface area contributed by atoms with Gasteiger partial charge in [-0.15, -0.1) is 0 Å². The Morgan fingerprint density at radius 1 is 1.03 bits per heavy atom. The van der Waals surface area contributed by atoms with Gasteiger partial charge in [0, 0.05) is 16.9 Å². The van der Waals surface area contributed by atoms with Gasteiger partial charge in [-0.1, -0.05) is 48.5 Å². The number of carbonyl (C=O) groups is 1. The minimum atomic E-state index is -0.455. The van der Waals surface area contributed by atoms with Crippen molar-refractivity contribution in [2.45, 2.75) is 19.9 Å². The molecule has 0 fully saturated rings. The van der Waals surface area contributed by atoms with Crippen molar-refractivity contribution in [3.8, 4) is 5.75 Å². The molecule has 3 N–H and O–H groups in total. The third-order valence-electron chi connectivity index (χ3n) is 5.35. The van der Waals surface area contributed by atoms with Gasteiger partial charge in [-0.3, -0.25) is 4.79 Å². The first-order valence-corrected chi connectivity index (χ1v) is 10.1. The van der Waals surface area contributed by atoms with Gasteiger partial charge in [0.2, 0.25) is 0 Å². The molecular weight excluding hydrogens is 394 g/mol. The number of aryl methyl sites for hydroxylation is 1. The second-order valence-electron chi connectivity index (χ2n) is 7.24. The first kappa shape index (κ1) is 19.9. The number of amides is 1. The number of carbonyl (C=O) groups excluding carboxylic acids is 1. The molecule has 0 aromatic heterocycles. The van der Waals surface area contributed by atoms with Crippen LogP contribution >= 0.6 is 12.2 Å². The second-order valence-corrected chi connectivity index (χ2v) is 7.65. The Hall–Kier alpha value is -3.38. The number of thiocarbonyl (C=S) groups is 1. The van der Waals surface area contributed by atoms with Gasteiger partial charge in [0.1, 0.15) is 5.75 Å². The molecule has 4 rings (SSSR count). The molecule has 0 aliphatic carbocycles. The number of hydrogen-bond donors (Lipinski definition) is 3. The summed E-state index contributed by atoms with van der Waals surface area (Å²) in [5, 5.41) is 12.0. The molecule has 0 saturated carbocycles. The average molecular weight is 418 g/mol. The molecular formula is C24H23N3O2S. The Labute approximate surface area is 181 Å². The second kappa shape index (κ2) is 8.16. The van der Waals surface area contributed by atoms with Crippen molar-refractivity contribution in [2.24, 2.45) is 0 Å². The maximum atomic E-state index is 13.4. The van der Waals surface area contributed by atoms with Crippen LogP contribution in [0.1, 0.15) is 24.1 Å². The number of nitrogens with one attached hydrogen (secondary N) is 3. The van der Waals surface area contributed by atoms with Gasteiger partial charge in [0.25, 0.3) is 5.91 Å². The predicted molar refractivity (Wildman–Crippen MR) is 125 cm³/mol. The Balaban J connectivity index is 1.85. The van der Waals surface area contributed by atoms with Crippen molar-refractivity contribution >= 4 is 39.7 Å². The van der Waals surface area contributed by atoms with E-state index in [0.717, 1.165) is 27.6 Å². The van der Waals surface area contributed by atoms with Gasteiger partial charge < -0.3 is 20.7 Å². The van der Waals surface area contributed by atoms with Crippen molar-refractivity contribution in [2.75, 3.05) is 12.4 Å². The number of hydrogen-bond acceptors (Lipinski definition) is 3. The number of rotatable bonds is 4. The molecule has 1 amide bonds. The van der Waals surface area contributed by atoms with Gasteiger partial charge in [-0.2, -0.15) is 0 Å². The number of anilines is 1. The Kier molecular flexibility index (Phi) is 5.42. The van der Waals surface area contributed by atoms with E-state index in [1.807, 2.05) is 74.5 Å². The van der Waals surface area contributed by atoms with Gasteiger partial charge >= 0.3 is 0 Å². The van der Waals surface area contributed by atoms with Gasteiger partial charge in [-0.25, -0.2) is 0 Å². The molecule has 0 bridgehead atoms. The van der Waals surface area contributed by atoms with Crippen molar-refractivity contribution in [1.82, 2.24) is 10.6 Å². The lowest BCUT2D eigenvalue weighted by atomic mass is 9.90. The monoisotopic (exact) mass is 417 g/mol. The van der Waals surface area contributed by atoms with Crippen LogP contribution in [0, 0.1) is 6.92 Å². The van der Waals surface area contributed by atoms with Gasteiger partial charge in [0.15, 0.2) is 5.11 Å². The normalized spacial score (nSPS) is 16.1. The van der Waals surface area contributed by atoms with Crippen molar-refractivity contribution in [1.29, 1.82) is 0 Å². The molecule has 3 aromatic rings. The zero-order valence-electron chi connectivity index (χ0n) is 17.1.